The van der Waals surface area contributed by atoms with E-state index in [4.69, 9.17) is 4.55 Å². The topological polar surface area (TPSA) is 71.4 Å². The van der Waals surface area contributed by atoms with Crippen molar-refractivity contribution in [2.24, 2.45) is 0 Å². The first kappa shape index (κ1) is 13.3. The van der Waals surface area contributed by atoms with Gasteiger partial charge < -0.3 is 0 Å². The molecule has 1 aromatic heterocycles. The van der Waals surface area contributed by atoms with Crippen molar-refractivity contribution in [2.75, 3.05) is 0 Å². The molecule has 68 valence electrons. The average molecular weight is 230 g/mol. The molecule has 0 spiro atoms. The zero-order valence-electron chi connectivity index (χ0n) is 6.14. The van der Waals surface area contributed by atoms with E-state index in [0.29, 0.717) is 4.88 Å². The van der Waals surface area contributed by atoms with Crippen LogP contribution in [-0.4, -0.2) is 48.3 Å². The van der Waals surface area contributed by atoms with Gasteiger partial charge >= 0.3 is 39.7 Å². The molecule has 1 N–H and O–H groups in total. The van der Waals surface area contributed by atoms with Crippen LogP contribution < -0.4 is 0 Å². The van der Waals surface area contributed by atoms with Crippen molar-refractivity contribution in [2.45, 2.75) is 11.1 Å². The SMILES string of the molecule is CC(=O)c1ccc(S(=O)(=O)O)s1.[NaH]. The van der Waals surface area contributed by atoms with Crippen molar-refractivity contribution in [3.8, 4) is 0 Å². The van der Waals surface area contributed by atoms with Gasteiger partial charge in [-0.15, -0.1) is 11.3 Å². The van der Waals surface area contributed by atoms with Crippen LogP contribution in [0.25, 0.3) is 0 Å². The van der Waals surface area contributed by atoms with E-state index in [1.165, 1.54) is 19.1 Å². The Morgan fingerprint density at radius 2 is 2.00 bits per heavy atom. The molecular weight excluding hydrogens is 223 g/mol. The van der Waals surface area contributed by atoms with Crippen LogP contribution in [0.2, 0.25) is 0 Å². The van der Waals surface area contributed by atoms with Crippen LogP contribution >= 0.6 is 11.3 Å². The molecule has 0 atom stereocenters. The molecule has 0 fully saturated rings. The van der Waals surface area contributed by atoms with Gasteiger partial charge in [-0.2, -0.15) is 8.42 Å². The van der Waals surface area contributed by atoms with Crippen molar-refractivity contribution in [3.63, 3.8) is 0 Å². The van der Waals surface area contributed by atoms with Crippen molar-refractivity contribution in [1.29, 1.82) is 0 Å². The maximum atomic E-state index is 10.7. The molecular formula is C6H7NaO4S2. The summed E-state index contributed by atoms with van der Waals surface area (Å²) >= 11 is 0.760. The van der Waals surface area contributed by atoms with Gasteiger partial charge in [0.1, 0.15) is 4.21 Å². The van der Waals surface area contributed by atoms with E-state index in [9.17, 15) is 13.2 Å². The third-order valence-electron chi connectivity index (χ3n) is 1.18. The first-order valence-corrected chi connectivity index (χ1v) is 5.25. The fourth-order valence-corrected chi connectivity index (χ4v) is 2.21. The summed E-state index contributed by atoms with van der Waals surface area (Å²) in [6.07, 6.45) is 0. The molecule has 1 heterocycles. The number of rotatable bonds is 2. The van der Waals surface area contributed by atoms with Gasteiger partial charge in [-0.1, -0.05) is 0 Å². The Bertz CT molecular complexity index is 406. The summed E-state index contributed by atoms with van der Waals surface area (Å²) in [4.78, 5) is 11.0. The van der Waals surface area contributed by atoms with E-state index in [1.807, 2.05) is 0 Å². The molecule has 0 bridgehead atoms. The van der Waals surface area contributed by atoms with Gasteiger partial charge in [0, 0.05) is 0 Å². The minimum atomic E-state index is -4.15. The van der Waals surface area contributed by atoms with Gasteiger partial charge in [0.25, 0.3) is 0 Å². The third-order valence-corrected chi connectivity index (χ3v) is 3.69. The Morgan fingerprint density at radius 1 is 1.46 bits per heavy atom. The molecule has 0 unspecified atom stereocenters. The van der Waals surface area contributed by atoms with Crippen LogP contribution in [0.15, 0.2) is 16.3 Å². The molecule has 0 saturated heterocycles. The van der Waals surface area contributed by atoms with E-state index in [1.54, 1.807) is 0 Å². The standard InChI is InChI=1S/C6H6O4S2.Na.H/c1-4(7)5-2-3-6(11-5)12(8,9)10;;/h2-3H,1H3,(H,8,9,10);;. The zero-order valence-corrected chi connectivity index (χ0v) is 7.78. The predicted molar refractivity (Wildman–Crippen MR) is 51.3 cm³/mol. The summed E-state index contributed by atoms with van der Waals surface area (Å²) in [6, 6.07) is 2.58. The minimum absolute atomic E-state index is 0. The molecule has 0 aliphatic carbocycles. The van der Waals surface area contributed by atoms with E-state index in [2.05, 4.69) is 0 Å². The Labute approximate surface area is 102 Å². The van der Waals surface area contributed by atoms with E-state index >= 15 is 0 Å². The van der Waals surface area contributed by atoms with Gasteiger partial charge in [-0.3, -0.25) is 9.35 Å². The number of hydrogen-bond acceptors (Lipinski definition) is 4. The molecule has 0 aliphatic rings. The normalized spacial score (nSPS) is 10.6. The first-order valence-electron chi connectivity index (χ1n) is 2.99. The van der Waals surface area contributed by atoms with Gasteiger partial charge in [0.05, 0.1) is 4.88 Å². The second-order valence-electron chi connectivity index (χ2n) is 2.15. The summed E-state index contributed by atoms with van der Waals surface area (Å²) in [7, 11) is -4.15. The van der Waals surface area contributed by atoms with Crippen LogP contribution in [0.1, 0.15) is 16.6 Å². The van der Waals surface area contributed by atoms with Crippen LogP contribution in [0.5, 0.6) is 0 Å². The number of hydrogen-bond donors (Lipinski definition) is 1. The average Bonchev–Trinajstić information content (AvgIpc) is 2.30. The Morgan fingerprint density at radius 3 is 2.23 bits per heavy atom. The summed E-state index contributed by atoms with van der Waals surface area (Å²) in [5, 5.41) is 0. The fraction of sp³-hybridized carbons (Fsp3) is 0.167. The molecule has 1 rings (SSSR count). The predicted octanol–water partition coefficient (Wildman–Crippen LogP) is 0.549. The Hall–Kier alpha value is 0.280. The van der Waals surface area contributed by atoms with Crippen molar-refractivity contribution < 1.29 is 17.8 Å². The van der Waals surface area contributed by atoms with Crippen molar-refractivity contribution in [3.05, 3.63) is 17.0 Å². The number of ketones is 1. The summed E-state index contributed by atoms with van der Waals surface area (Å²) in [5.74, 6) is -0.213. The second-order valence-corrected chi connectivity index (χ2v) is 4.88. The van der Waals surface area contributed by atoms with Crippen molar-refractivity contribution in [1.82, 2.24) is 0 Å². The van der Waals surface area contributed by atoms with Crippen LogP contribution in [0.3, 0.4) is 0 Å². The third kappa shape index (κ3) is 3.49. The number of thiophene rings is 1. The molecule has 0 saturated carbocycles. The van der Waals surface area contributed by atoms with Crippen LogP contribution in [0.4, 0.5) is 0 Å². The van der Waals surface area contributed by atoms with E-state index < -0.39 is 10.1 Å². The molecule has 0 aliphatic heterocycles. The van der Waals surface area contributed by atoms with E-state index in [-0.39, 0.29) is 39.5 Å². The monoisotopic (exact) mass is 230 g/mol. The van der Waals surface area contributed by atoms with Gasteiger partial charge in [0.2, 0.25) is 0 Å². The molecule has 0 amide bonds. The number of Topliss-reactive ketones (excluding diaryl/α,β-unsaturated/α-hetero) is 1. The summed E-state index contributed by atoms with van der Waals surface area (Å²) in [5.41, 5.74) is 0. The van der Waals surface area contributed by atoms with Gasteiger partial charge in [-0.05, 0) is 19.1 Å². The second kappa shape index (κ2) is 4.68. The summed E-state index contributed by atoms with van der Waals surface area (Å²) < 4.78 is 29.4. The Kier molecular flexibility index (Phi) is 4.78. The maximum absolute atomic E-state index is 10.7. The summed E-state index contributed by atoms with van der Waals surface area (Å²) in [6.45, 7) is 1.33. The molecule has 13 heavy (non-hydrogen) atoms. The fourth-order valence-electron chi connectivity index (χ4n) is 0.648. The van der Waals surface area contributed by atoms with Crippen LogP contribution in [-0.2, 0) is 10.1 Å². The molecule has 4 nitrogen and oxygen atoms in total. The van der Waals surface area contributed by atoms with Crippen LogP contribution in [0, 0.1) is 0 Å². The number of carbonyl (C=O) groups excluding carboxylic acids is 1. The molecule has 1 aromatic rings. The molecule has 0 aromatic carbocycles. The first-order chi connectivity index (χ1) is 5.41. The quantitative estimate of drug-likeness (QED) is 0.457. The Balaban J connectivity index is 0.00000144. The molecule has 7 heteroatoms. The van der Waals surface area contributed by atoms with Gasteiger partial charge in [-0.25, -0.2) is 0 Å². The molecule has 0 radical (unpaired) electrons. The van der Waals surface area contributed by atoms with E-state index in [0.717, 1.165) is 11.3 Å². The van der Waals surface area contributed by atoms with Crippen molar-refractivity contribution >= 4 is 56.8 Å². The zero-order chi connectivity index (χ0) is 9.35. The van der Waals surface area contributed by atoms with Gasteiger partial charge in [0.15, 0.2) is 5.78 Å². The number of carbonyl (C=O) groups is 1.